The minimum Gasteiger partial charge on any atom is -0.497 e. The predicted molar refractivity (Wildman–Crippen MR) is 82.1 cm³/mol. The number of methoxy groups -OCH3 is 1. The molecule has 0 fully saturated rings. The standard InChI is InChI=1S/C16H11N3O4/c1-21-10-7-5-9(6-8-10)14-18-15(23-19-14)11-3-2-4-12-13(11)17-16(20)22-12/h2-8H,1H3,(H,17,20). The molecule has 114 valence electrons. The average Bonchev–Trinajstić information content (AvgIpc) is 3.20. The molecule has 0 unspecified atom stereocenters. The molecule has 7 heteroatoms. The first-order valence-corrected chi connectivity index (χ1v) is 6.85. The summed E-state index contributed by atoms with van der Waals surface area (Å²) in [6.45, 7) is 0. The molecule has 2 aromatic carbocycles. The Kier molecular flexibility index (Phi) is 2.97. The fraction of sp³-hybridized carbons (Fsp3) is 0.0625. The summed E-state index contributed by atoms with van der Waals surface area (Å²) >= 11 is 0. The fourth-order valence-corrected chi connectivity index (χ4v) is 2.34. The molecule has 1 N–H and O–H groups in total. The number of hydrogen-bond donors (Lipinski definition) is 1. The Bertz CT molecular complexity index is 1030. The van der Waals surface area contributed by atoms with Crippen molar-refractivity contribution in [2.75, 3.05) is 7.11 Å². The molecule has 0 saturated carbocycles. The molecule has 0 bridgehead atoms. The zero-order valence-corrected chi connectivity index (χ0v) is 12.1. The Balaban J connectivity index is 1.78. The van der Waals surface area contributed by atoms with Crippen molar-refractivity contribution < 1.29 is 13.7 Å². The number of fused-ring (bicyclic) bond motifs is 1. The van der Waals surface area contributed by atoms with Crippen LogP contribution in [-0.2, 0) is 0 Å². The van der Waals surface area contributed by atoms with Gasteiger partial charge in [-0.25, -0.2) is 4.79 Å². The monoisotopic (exact) mass is 309 g/mol. The lowest BCUT2D eigenvalue weighted by Crippen LogP contribution is -1.93. The molecule has 0 aliphatic heterocycles. The van der Waals surface area contributed by atoms with Crippen LogP contribution in [0.1, 0.15) is 0 Å². The molecule has 0 aliphatic carbocycles. The lowest BCUT2D eigenvalue weighted by atomic mass is 10.2. The van der Waals surface area contributed by atoms with Gasteiger partial charge < -0.3 is 13.7 Å². The van der Waals surface area contributed by atoms with E-state index in [1.54, 1.807) is 25.3 Å². The molecule has 0 saturated heterocycles. The number of oxazole rings is 1. The maximum atomic E-state index is 11.4. The summed E-state index contributed by atoms with van der Waals surface area (Å²) < 4.78 is 15.5. The van der Waals surface area contributed by atoms with Crippen LogP contribution in [-0.4, -0.2) is 22.2 Å². The summed E-state index contributed by atoms with van der Waals surface area (Å²) in [7, 11) is 1.60. The van der Waals surface area contributed by atoms with E-state index in [0.29, 0.717) is 28.4 Å². The first-order chi connectivity index (χ1) is 11.2. The zero-order chi connectivity index (χ0) is 15.8. The SMILES string of the molecule is COc1ccc(-c2noc(-c3cccc4oc(=O)[nH]c34)n2)cc1. The molecule has 4 rings (SSSR count). The van der Waals surface area contributed by atoms with Gasteiger partial charge in [0.15, 0.2) is 5.58 Å². The van der Waals surface area contributed by atoms with Crippen LogP contribution < -0.4 is 10.5 Å². The Hall–Kier alpha value is -3.35. The van der Waals surface area contributed by atoms with Crippen molar-refractivity contribution >= 4 is 11.1 Å². The maximum Gasteiger partial charge on any atom is 0.417 e. The molecule has 0 amide bonds. The molecule has 4 aromatic rings. The van der Waals surface area contributed by atoms with E-state index in [9.17, 15) is 4.79 Å². The zero-order valence-electron chi connectivity index (χ0n) is 12.1. The Labute approximate surface area is 129 Å². The van der Waals surface area contributed by atoms with Gasteiger partial charge >= 0.3 is 5.76 Å². The number of rotatable bonds is 3. The molecule has 0 aliphatic rings. The molecular weight excluding hydrogens is 298 g/mol. The molecule has 7 nitrogen and oxygen atoms in total. The number of H-pyrrole nitrogens is 1. The number of nitrogens with one attached hydrogen (secondary N) is 1. The Morgan fingerprint density at radius 3 is 2.74 bits per heavy atom. The van der Waals surface area contributed by atoms with E-state index in [2.05, 4.69) is 15.1 Å². The predicted octanol–water partition coefficient (Wildman–Crippen LogP) is 2.85. The number of benzene rings is 2. The summed E-state index contributed by atoms with van der Waals surface area (Å²) in [5.74, 6) is 0.976. The van der Waals surface area contributed by atoms with E-state index in [-0.39, 0.29) is 0 Å². The van der Waals surface area contributed by atoms with Crippen molar-refractivity contribution in [3.05, 3.63) is 53.0 Å². The van der Waals surface area contributed by atoms with Crippen LogP contribution in [0.4, 0.5) is 0 Å². The molecular formula is C16H11N3O4. The van der Waals surface area contributed by atoms with E-state index >= 15 is 0 Å². The number of hydrogen-bond acceptors (Lipinski definition) is 6. The molecule has 0 spiro atoms. The highest BCUT2D eigenvalue weighted by molar-refractivity contribution is 5.88. The minimum absolute atomic E-state index is 0.304. The number of ether oxygens (including phenoxy) is 1. The molecule has 0 atom stereocenters. The summed E-state index contributed by atoms with van der Waals surface area (Å²) in [5, 5.41) is 3.98. The normalized spacial score (nSPS) is 11.0. The lowest BCUT2D eigenvalue weighted by Gasteiger charge is -1.99. The quantitative estimate of drug-likeness (QED) is 0.625. The second kappa shape index (κ2) is 5.13. The van der Waals surface area contributed by atoms with Crippen LogP contribution in [0.3, 0.4) is 0 Å². The third-order valence-electron chi connectivity index (χ3n) is 3.46. The van der Waals surface area contributed by atoms with Gasteiger partial charge in [0.1, 0.15) is 5.75 Å². The fourth-order valence-electron chi connectivity index (χ4n) is 2.34. The van der Waals surface area contributed by atoms with Gasteiger partial charge in [-0.15, -0.1) is 0 Å². The lowest BCUT2D eigenvalue weighted by molar-refractivity contribution is 0.415. The third kappa shape index (κ3) is 2.28. The smallest absolute Gasteiger partial charge is 0.417 e. The van der Waals surface area contributed by atoms with Crippen molar-refractivity contribution in [3.63, 3.8) is 0 Å². The van der Waals surface area contributed by atoms with Gasteiger partial charge in [0.05, 0.1) is 18.2 Å². The number of aromatic amines is 1. The minimum atomic E-state index is -0.526. The van der Waals surface area contributed by atoms with Crippen molar-refractivity contribution in [1.29, 1.82) is 0 Å². The second-order valence-electron chi connectivity index (χ2n) is 4.84. The number of nitrogens with zero attached hydrogens (tertiary/aromatic N) is 2. The van der Waals surface area contributed by atoms with Gasteiger partial charge in [0, 0.05) is 5.56 Å². The van der Waals surface area contributed by atoms with Crippen LogP contribution in [0.15, 0.2) is 56.2 Å². The number of aromatic nitrogens is 3. The first kappa shape index (κ1) is 13.3. The summed E-state index contributed by atoms with van der Waals surface area (Å²) in [6.07, 6.45) is 0. The molecule has 2 aromatic heterocycles. The number of para-hydroxylation sites is 1. The molecule has 2 heterocycles. The van der Waals surface area contributed by atoms with Crippen LogP contribution >= 0.6 is 0 Å². The van der Waals surface area contributed by atoms with Crippen LogP contribution in [0.25, 0.3) is 33.9 Å². The van der Waals surface area contributed by atoms with Crippen LogP contribution in [0.2, 0.25) is 0 Å². The second-order valence-corrected chi connectivity index (χ2v) is 4.84. The highest BCUT2D eigenvalue weighted by Gasteiger charge is 2.15. The van der Waals surface area contributed by atoms with Gasteiger partial charge in [-0.2, -0.15) is 4.98 Å². The largest absolute Gasteiger partial charge is 0.497 e. The third-order valence-corrected chi connectivity index (χ3v) is 3.46. The van der Waals surface area contributed by atoms with E-state index in [1.165, 1.54) is 0 Å². The van der Waals surface area contributed by atoms with E-state index in [1.807, 2.05) is 24.3 Å². The van der Waals surface area contributed by atoms with Gasteiger partial charge in [-0.1, -0.05) is 11.2 Å². The van der Waals surface area contributed by atoms with Crippen LogP contribution in [0, 0.1) is 0 Å². The summed E-state index contributed by atoms with van der Waals surface area (Å²) in [4.78, 5) is 18.4. The Morgan fingerprint density at radius 2 is 1.96 bits per heavy atom. The van der Waals surface area contributed by atoms with E-state index in [4.69, 9.17) is 13.7 Å². The van der Waals surface area contributed by atoms with E-state index in [0.717, 1.165) is 11.3 Å². The maximum absolute atomic E-state index is 11.4. The average molecular weight is 309 g/mol. The van der Waals surface area contributed by atoms with Crippen LogP contribution in [0.5, 0.6) is 5.75 Å². The Morgan fingerprint density at radius 1 is 1.13 bits per heavy atom. The first-order valence-electron chi connectivity index (χ1n) is 6.85. The van der Waals surface area contributed by atoms with Gasteiger partial charge in [0.25, 0.3) is 5.89 Å². The van der Waals surface area contributed by atoms with E-state index < -0.39 is 5.76 Å². The van der Waals surface area contributed by atoms with Crippen molar-refractivity contribution in [2.45, 2.75) is 0 Å². The highest BCUT2D eigenvalue weighted by Crippen LogP contribution is 2.27. The highest BCUT2D eigenvalue weighted by atomic mass is 16.5. The molecule has 0 radical (unpaired) electrons. The summed E-state index contributed by atoms with van der Waals surface area (Å²) in [6, 6.07) is 12.5. The van der Waals surface area contributed by atoms with Crippen molar-refractivity contribution in [2.24, 2.45) is 0 Å². The van der Waals surface area contributed by atoms with Crippen molar-refractivity contribution in [3.8, 4) is 28.6 Å². The van der Waals surface area contributed by atoms with Gasteiger partial charge in [-0.05, 0) is 36.4 Å². The topological polar surface area (TPSA) is 94.1 Å². The molecule has 23 heavy (non-hydrogen) atoms. The van der Waals surface area contributed by atoms with Crippen molar-refractivity contribution in [1.82, 2.24) is 15.1 Å². The van der Waals surface area contributed by atoms with Gasteiger partial charge in [-0.3, -0.25) is 4.98 Å². The summed E-state index contributed by atoms with van der Waals surface area (Å²) in [5.41, 5.74) is 2.38. The van der Waals surface area contributed by atoms with Gasteiger partial charge in [0.2, 0.25) is 5.82 Å².